The summed E-state index contributed by atoms with van der Waals surface area (Å²) in [6.45, 7) is 4.08. The Kier molecular flexibility index (Phi) is 3.26. The maximum atomic E-state index is 11.3. The lowest BCUT2D eigenvalue weighted by Crippen LogP contribution is -2.29. The van der Waals surface area contributed by atoms with E-state index in [1.807, 2.05) is 13.0 Å². The smallest absolute Gasteiger partial charge is 0.336 e. The summed E-state index contributed by atoms with van der Waals surface area (Å²) in [4.78, 5) is 11.3. The fraction of sp³-hybridized carbons (Fsp3) is 0.778. The third-order valence-electron chi connectivity index (χ3n) is 2.09. The van der Waals surface area contributed by atoms with E-state index < -0.39 is 18.2 Å². The molecular weight excluding hydrogens is 170 g/mol. The van der Waals surface area contributed by atoms with Gasteiger partial charge in [0.15, 0.2) is 12.2 Å². The van der Waals surface area contributed by atoms with Crippen molar-refractivity contribution in [3.8, 4) is 6.07 Å². The lowest BCUT2D eigenvalue weighted by atomic mass is 10.0. The van der Waals surface area contributed by atoms with Crippen molar-refractivity contribution in [2.75, 3.05) is 6.61 Å². The van der Waals surface area contributed by atoms with Crippen LogP contribution in [0, 0.1) is 17.2 Å². The number of rotatable bonds is 2. The SMILES string of the molecule is CC(C#N)OC(=O)C1OCCC1C. The molecule has 72 valence electrons. The summed E-state index contributed by atoms with van der Waals surface area (Å²) in [6.07, 6.45) is -0.291. The highest BCUT2D eigenvalue weighted by Crippen LogP contribution is 2.21. The maximum Gasteiger partial charge on any atom is 0.336 e. The van der Waals surface area contributed by atoms with Gasteiger partial charge in [0.25, 0.3) is 0 Å². The predicted octanol–water partition coefficient (Wildman–Crippen LogP) is 0.867. The number of nitrogens with zero attached hydrogens (tertiary/aromatic N) is 1. The zero-order valence-corrected chi connectivity index (χ0v) is 7.82. The molecule has 0 bridgehead atoms. The summed E-state index contributed by atoms with van der Waals surface area (Å²) in [7, 11) is 0. The normalized spacial score (nSPS) is 29.3. The van der Waals surface area contributed by atoms with E-state index in [9.17, 15) is 4.79 Å². The van der Waals surface area contributed by atoms with Gasteiger partial charge in [0.2, 0.25) is 0 Å². The number of hydrogen-bond acceptors (Lipinski definition) is 4. The number of ether oxygens (including phenoxy) is 2. The molecule has 0 spiro atoms. The third-order valence-corrected chi connectivity index (χ3v) is 2.09. The van der Waals surface area contributed by atoms with Crippen LogP contribution in [0.4, 0.5) is 0 Å². The van der Waals surface area contributed by atoms with E-state index in [0.29, 0.717) is 6.61 Å². The summed E-state index contributed by atoms with van der Waals surface area (Å²) in [6, 6.07) is 1.84. The summed E-state index contributed by atoms with van der Waals surface area (Å²) < 4.78 is 10.0. The standard InChI is InChI=1S/C9H13NO3/c1-6-3-4-12-8(6)9(11)13-7(2)5-10/h6-8H,3-4H2,1-2H3. The second kappa shape index (κ2) is 4.24. The molecule has 1 aliphatic heterocycles. The first kappa shape index (κ1) is 10.0. The second-order valence-corrected chi connectivity index (χ2v) is 3.27. The van der Waals surface area contributed by atoms with Crippen LogP contribution in [0.3, 0.4) is 0 Å². The Labute approximate surface area is 77.4 Å². The molecule has 0 aliphatic carbocycles. The molecule has 1 rings (SSSR count). The van der Waals surface area contributed by atoms with Crippen molar-refractivity contribution in [3.05, 3.63) is 0 Å². The molecule has 4 heteroatoms. The number of hydrogen-bond donors (Lipinski definition) is 0. The quantitative estimate of drug-likeness (QED) is 0.596. The Morgan fingerprint density at radius 1 is 1.77 bits per heavy atom. The van der Waals surface area contributed by atoms with Gasteiger partial charge in [-0.3, -0.25) is 0 Å². The second-order valence-electron chi connectivity index (χ2n) is 3.27. The molecule has 3 atom stereocenters. The van der Waals surface area contributed by atoms with Crippen LogP contribution >= 0.6 is 0 Å². The molecule has 4 nitrogen and oxygen atoms in total. The molecule has 1 saturated heterocycles. The molecular formula is C9H13NO3. The molecule has 0 N–H and O–H groups in total. The van der Waals surface area contributed by atoms with Crippen LogP contribution in [0.1, 0.15) is 20.3 Å². The largest absolute Gasteiger partial charge is 0.445 e. The molecule has 13 heavy (non-hydrogen) atoms. The van der Waals surface area contributed by atoms with Crippen LogP contribution in [0.25, 0.3) is 0 Å². The first-order valence-electron chi connectivity index (χ1n) is 4.37. The van der Waals surface area contributed by atoms with Crippen molar-refractivity contribution in [1.82, 2.24) is 0 Å². The van der Waals surface area contributed by atoms with Crippen LogP contribution in [0.2, 0.25) is 0 Å². The van der Waals surface area contributed by atoms with Crippen LogP contribution in [0.15, 0.2) is 0 Å². The predicted molar refractivity (Wildman–Crippen MR) is 44.7 cm³/mol. The Balaban J connectivity index is 2.44. The number of esters is 1. The lowest BCUT2D eigenvalue weighted by Gasteiger charge is -2.14. The summed E-state index contributed by atoms with van der Waals surface area (Å²) in [5.74, 6) is -0.225. The van der Waals surface area contributed by atoms with Gasteiger partial charge in [-0.1, -0.05) is 6.92 Å². The summed E-state index contributed by atoms with van der Waals surface area (Å²) in [5, 5.41) is 8.42. The van der Waals surface area contributed by atoms with Gasteiger partial charge in [-0.15, -0.1) is 0 Å². The van der Waals surface area contributed by atoms with Crippen LogP contribution in [-0.4, -0.2) is 24.8 Å². The fourth-order valence-electron chi connectivity index (χ4n) is 1.26. The lowest BCUT2D eigenvalue weighted by molar-refractivity contribution is -0.158. The topological polar surface area (TPSA) is 59.3 Å². The van der Waals surface area contributed by atoms with E-state index in [0.717, 1.165) is 6.42 Å². The Morgan fingerprint density at radius 2 is 2.46 bits per heavy atom. The molecule has 1 fully saturated rings. The highest BCUT2D eigenvalue weighted by atomic mass is 16.6. The zero-order chi connectivity index (χ0) is 9.84. The van der Waals surface area contributed by atoms with E-state index in [2.05, 4.69) is 0 Å². The molecule has 1 heterocycles. The van der Waals surface area contributed by atoms with Gasteiger partial charge in [-0.2, -0.15) is 5.26 Å². The van der Waals surface area contributed by atoms with Crippen molar-refractivity contribution in [2.45, 2.75) is 32.5 Å². The van der Waals surface area contributed by atoms with Gasteiger partial charge in [0.1, 0.15) is 6.07 Å². The Morgan fingerprint density at radius 3 is 2.92 bits per heavy atom. The van der Waals surface area contributed by atoms with Crippen molar-refractivity contribution < 1.29 is 14.3 Å². The van der Waals surface area contributed by atoms with E-state index in [4.69, 9.17) is 14.7 Å². The van der Waals surface area contributed by atoms with E-state index in [-0.39, 0.29) is 5.92 Å². The average Bonchev–Trinajstić information content (AvgIpc) is 2.51. The van der Waals surface area contributed by atoms with E-state index in [1.165, 1.54) is 6.92 Å². The molecule has 0 amide bonds. The minimum atomic E-state index is -0.691. The number of carbonyl (C=O) groups excluding carboxylic acids is 1. The third kappa shape index (κ3) is 2.43. The molecule has 0 aromatic carbocycles. The fourth-order valence-corrected chi connectivity index (χ4v) is 1.26. The average molecular weight is 183 g/mol. The molecule has 3 unspecified atom stereocenters. The molecule has 0 aromatic rings. The number of nitriles is 1. The van der Waals surface area contributed by atoms with Gasteiger partial charge in [0, 0.05) is 6.61 Å². The molecule has 1 aliphatic rings. The highest BCUT2D eigenvalue weighted by molar-refractivity contribution is 5.75. The van der Waals surface area contributed by atoms with Gasteiger partial charge in [-0.25, -0.2) is 4.79 Å². The first-order valence-corrected chi connectivity index (χ1v) is 4.37. The Bertz CT molecular complexity index is 234. The minimum Gasteiger partial charge on any atom is -0.445 e. The van der Waals surface area contributed by atoms with Gasteiger partial charge in [-0.05, 0) is 19.3 Å². The van der Waals surface area contributed by atoms with Gasteiger partial charge < -0.3 is 9.47 Å². The van der Waals surface area contributed by atoms with Crippen molar-refractivity contribution in [3.63, 3.8) is 0 Å². The summed E-state index contributed by atoms with van der Waals surface area (Å²) in [5.41, 5.74) is 0. The van der Waals surface area contributed by atoms with Crippen molar-refractivity contribution in [1.29, 1.82) is 5.26 Å². The monoisotopic (exact) mass is 183 g/mol. The van der Waals surface area contributed by atoms with Crippen molar-refractivity contribution in [2.24, 2.45) is 5.92 Å². The van der Waals surface area contributed by atoms with Gasteiger partial charge >= 0.3 is 5.97 Å². The van der Waals surface area contributed by atoms with Crippen LogP contribution in [-0.2, 0) is 14.3 Å². The van der Waals surface area contributed by atoms with Gasteiger partial charge in [0.05, 0.1) is 0 Å². The molecule has 0 aromatic heterocycles. The number of carbonyl (C=O) groups is 1. The van der Waals surface area contributed by atoms with E-state index >= 15 is 0 Å². The maximum absolute atomic E-state index is 11.3. The Hall–Kier alpha value is -1.08. The first-order chi connectivity index (χ1) is 6.15. The minimum absolute atomic E-state index is 0.193. The van der Waals surface area contributed by atoms with Crippen LogP contribution in [0.5, 0.6) is 0 Å². The van der Waals surface area contributed by atoms with E-state index in [1.54, 1.807) is 0 Å². The zero-order valence-electron chi connectivity index (χ0n) is 7.82. The highest BCUT2D eigenvalue weighted by Gasteiger charge is 2.32. The van der Waals surface area contributed by atoms with Crippen LogP contribution < -0.4 is 0 Å². The molecule has 0 radical (unpaired) electrons. The van der Waals surface area contributed by atoms with Crippen molar-refractivity contribution >= 4 is 5.97 Å². The summed E-state index contributed by atoms with van der Waals surface area (Å²) >= 11 is 0. The molecule has 0 saturated carbocycles.